The normalized spacial score (nSPS) is 26.9. The molecule has 4 aromatic carbocycles. The van der Waals surface area contributed by atoms with Crippen LogP contribution in [0.15, 0.2) is 96.6 Å². The fourth-order valence-corrected chi connectivity index (χ4v) is 9.19. The summed E-state index contributed by atoms with van der Waals surface area (Å²) >= 11 is 12.8. The third-order valence-corrected chi connectivity index (χ3v) is 11.9. The molecule has 51 heavy (non-hydrogen) atoms. The van der Waals surface area contributed by atoms with Gasteiger partial charge in [-0.15, -0.1) is 0 Å². The number of hydrazine groups is 1. The van der Waals surface area contributed by atoms with Crippen molar-refractivity contribution in [2.24, 2.45) is 23.7 Å². The van der Waals surface area contributed by atoms with Crippen molar-refractivity contribution in [3.05, 3.63) is 135 Å². The van der Waals surface area contributed by atoms with Gasteiger partial charge in [0, 0.05) is 21.5 Å². The number of hydrogen-bond acceptors (Lipinski definition) is 6. The fourth-order valence-electron chi connectivity index (χ4n) is 8.89. The van der Waals surface area contributed by atoms with Crippen LogP contribution in [0.5, 0.6) is 5.75 Å². The molecule has 6 unspecified atom stereocenters. The summed E-state index contributed by atoms with van der Waals surface area (Å²) < 4.78 is 13.9. The number of nitrogens with one attached hydrogen (secondary N) is 1. The lowest BCUT2D eigenvalue weighted by atomic mass is 9.49. The van der Waals surface area contributed by atoms with Gasteiger partial charge < -0.3 is 5.11 Å². The number of rotatable bonds is 5. The molecular weight excluding hydrogens is 692 g/mol. The standard InChI is InChI=1S/C40H32Cl2FN3O5/c1-20-6-15-26(18-32(20)42)45-36(48)28-17-16-27-30(33(28)38(45)50)19-31-37(49)46(44-25-13-11-24(43)12-14-25)39(51)40(31,22-7-9-23(41)10-8-22)34(27)29-5-3-4-21(2)35(29)47/h3-16,18,28,30-31,33-34,44,47H,17,19H2,1-2H3. The predicted molar refractivity (Wildman–Crippen MR) is 191 cm³/mol. The number of carbonyl (C=O) groups excluding carboxylic acids is 4. The highest BCUT2D eigenvalue weighted by molar-refractivity contribution is 6.32. The highest BCUT2D eigenvalue weighted by atomic mass is 35.5. The van der Waals surface area contributed by atoms with Crippen LogP contribution < -0.4 is 10.3 Å². The minimum absolute atomic E-state index is 0.0341. The number of phenols is 1. The summed E-state index contributed by atoms with van der Waals surface area (Å²) in [6, 6.07) is 22.4. The Hall–Kier alpha value is -4.99. The number of halogens is 3. The molecule has 0 aromatic heterocycles. The average molecular weight is 725 g/mol. The van der Waals surface area contributed by atoms with Gasteiger partial charge in [-0.3, -0.25) is 24.6 Å². The minimum atomic E-state index is -1.59. The first-order chi connectivity index (χ1) is 24.4. The maximum atomic E-state index is 15.2. The van der Waals surface area contributed by atoms with E-state index in [1.807, 2.05) is 13.0 Å². The van der Waals surface area contributed by atoms with Crippen molar-refractivity contribution in [1.82, 2.24) is 5.01 Å². The van der Waals surface area contributed by atoms with Crippen LogP contribution in [0.3, 0.4) is 0 Å². The number of anilines is 2. The van der Waals surface area contributed by atoms with E-state index in [-0.39, 0.29) is 24.5 Å². The number of phenolic OH excluding ortho intramolecular Hbond substituents is 1. The zero-order chi connectivity index (χ0) is 35.9. The number of aromatic hydroxyl groups is 1. The number of nitrogens with zero attached hydrogens (tertiary/aromatic N) is 2. The molecule has 4 aliphatic rings. The summed E-state index contributed by atoms with van der Waals surface area (Å²) in [6.45, 7) is 3.59. The van der Waals surface area contributed by atoms with Gasteiger partial charge in [-0.25, -0.2) is 9.29 Å². The Balaban J connectivity index is 1.33. The van der Waals surface area contributed by atoms with Gasteiger partial charge in [-0.05, 0) is 97.8 Å². The van der Waals surface area contributed by atoms with Gasteiger partial charge in [0.05, 0.1) is 34.5 Å². The smallest absolute Gasteiger partial charge is 0.260 e. The molecule has 4 aromatic rings. The fraction of sp³-hybridized carbons (Fsp3) is 0.250. The van der Waals surface area contributed by atoms with Gasteiger partial charge in [0.1, 0.15) is 11.6 Å². The van der Waals surface area contributed by atoms with Crippen molar-refractivity contribution in [2.45, 2.75) is 38.0 Å². The molecule has 2 aliphatic carbocycles. The highest BCUT2D eigenvalue weighted by Crippen LogP contribution is 2.65. The molecule has 2 heterocycles. The van der Waals surface area contributed by atoms with E-state index < -0.39 is 58.5 Å². The van der Waals surface area contributed by atoms with Gasteiger partial charge in [0.25, 0.3) is 11.8 Å². The number of para-hydroxylation sites is 1. The van der Waals surface area contributed by atoms with Gasteiger partial charge in [-0.1, -0.05) is 71.2 Å². The second kappa shape index (κ2) is 12.1. The first kappa shape index (κ1) is 33.2. The molecule has 0 spiro atoms. The number of fused-ring (bicyclic) bond motifs is 4. The largest absolute Gasteiger partial charge is 0.507 e. The van der Waals surface area contributed by atoms with E-state index in [0.717, 1.165) is 10.6 Å². The van der Waals surface area contributed by atoms with E-state index in [1.165, 1.54) is 29.2 Å². The van der Waals surface area contributed by atoms with E-state index >= 15 is 4.79 Å². The summed E-state index contributed by atoms with van der Waals surface area (Å²) in [5.74, 6) is -6.46. The lowest BCUT2D eigenvalue weighted by Crippen LogP contribution is -2.53. The minimum Gasteiger partial charge on any atom is -0.507 e. The van der Waals surface area contributed by atoms with E-state index in [0.29, 0.717) is 43.7 Å². The molecule has 1 saturated carbocycles. The Bertz CT molecular complexity index is 2190. The lowest BCUT2D eigenvalue weighted by Gasteiger charge is -2.50. The zero-order valence-corrected chi connectivity index (χ0v) is 29.1. The molecule has 11 heteroatoms. The van der Waals surface area contributed by atoms with Crippen LogP contribution >= 0.6 is 23.2 Å². The monoisotopic (exact) mass is 723 g/mol. The third-order valence-electron chi connectivity index (χ3n) is 11.2. The summed E-state index contributed by atoms with van der Waals surface area (Å²) in [5.41, 5.74) is 5.04. The van der Waals surface area contributed by atoms with E-state index in [1.54, 1.807) is 67.6 Å². The second-order valence-electron chi connectivity index (χ2n) is 13.8. The number of hydrogen-bond donors (Lipinski definition) is 2. The Morgan fingerprint density at radius 3 is 2.27 bits per heavy atom. The first-order valence-electron chi connectivity index (χ1n) is 16.7. The number of aryl methyl sites for hydroxylation is 2. The molecule has 3 fully saturated rings. The Morgan fingerprint density at radius 2 is 1.57 bits per heavy atom. The van der Waals surface area contributed by atoms with Crippen LogP contribution in [-0.4, -0.2) is 33.7 Å². The third kappa shape index (κ3) is 4.85. The molecule has 4 amide bonds. The van der Waals surface area contributed by atoms with Crippen LogP contribution in [0.2, 0.25) is 10.0 Å². The SMILES string of the molecule is Cc1ccc(N2C(=O)C3CC=C4C(CC5C(=O)N(Nc6ccc(F)cc6)C(=O)C5(c5ccc(Cl)cc5)C4c4cccc(C)c4O)C3C2=O)cc1Cl. The zero-order valence-electron chi connectivity index (χ0n) is 27.6. The predicted octanol–water partition coefficient (Wildman–Crippen LogP) is 7.64. The van der Waals surface area contributed by atoms with Crippen LogP contribution in [-0.2, 0) is 24.6 Å². The molecule has 258 valence electrons. The number of imide groups is 2. The number of amides is 4. The van der Waals surface area contributed by atoms with Crippen molar-refractivity contribution < 1.29 is 28.7 Å². The van der Waals surface area contributed by atoms with Crippen molar-refractivity contribution >= 4 is 58.2 Å². The summed E-state index contributed by atoms with van der Waals surface area (Å²) in [6.07, 6.45) is 2.23. The van der Waals surface area contributed by atoms with Crippen LogP contribution in [0.1, 0.15) is 41.0 Å². The number of allylic oxidation sites excluding steroid dienone is 2. The molecule has 2 N–H and O–H groups in total. The maximum absolute atomic E-state index is 15.2. The molecule has 8 nitrogen and oxygen atoms in total. The molecule has 6 atom stereocenters. The molecular formula is C40H32Cl2FN3O5. The van der Waals surface area contributed by atoms with E-state index in [4.69, 9.17) is 23.2 Å². The van der Waals surface area contributed by atoms with Crippen LogP contribution in [0.25, 0.3) is 0 Å². The Kier molecular flexibility index (Phi) is 7.85. The summed E-state index contributed by atoms with van der Waals surface area (Å²) in [7, 11) is 0. The Labute approximate surface area is 303 Å². The Morgan fingerprint density at radius 1 is 0.843 bits per heavy atom. The topological polar surface area (TPSA) is 107 Å². The van der Waals surface area contributed by atoms with Gasteiger partial charge in [0.15, 0.2) is 0 Å². The number of benzene rings is 4. The van der Waals surface area contributed by atoms with Crippen LogP contribution in [0.4, 0.5) is 15.8 Å². The second-order valence-corrected chi connectivity index (χ2v) is 14.7. The van der Waals surface area contributed by atoms with Gasteiger partial charge >= 0.3 is 0 Å². The molecule has 2 aliphatic heterocycles. The first-order valence-corrected chi connectivity index (χ1v) is 17.5. The molecule has 0 bridgehead atoms. The summed E-state index contributed by atoms with van der Waals surface area (Å²) in [5, 5.41) is 13.5. The average Bonchev–Trinajstić information content (AvgIpc) is 3.49. The lowest BCUT2D eigenvalue weighted by molar-refractivity contribution is -0.138. The highest BCUT2D eigenvalue weighted by Gasteiger charge is 2.70. The van der Waals surface area contributed by atoms with E-state index in [2.05, 4.69) is 5.43 Å². The van der Waals surface area contributed by atoms with Gasteiger partial charge in [-0.2, -0.15) is 5.01 Å². The van der Waals surface area contributed by atoms with Crippen molar-refractivity contribution in [1.29, 1.82) is 0 Å². The molecule has 8 rings (SSSR count). The quantitative estimate of drug-likeness (QED) is 0.162. The van der Waals surface area contributed by atoms with Gasteiger partial charge in [0.2, 0.25) is 11.8 Å². The molecule has 2 saturated heterocycles. The van der Waals surface area contributed by atoms with Crippen molar-refractivity contribution in [3.8, 4) is 5.75 Å². The van der Waals surface area contributed by atoms with Crippen LogP contribution in [0, 0.1) is 43.3 Å². The van der Waals surface area contributed by atoms with Crippen molar-refractivity contribution in [3.63, 3.8) is 0 Å². The maximum Gasteiger partial charge on any atom is 0.260 e. The van der Waals surface area contributed by atoms with Crippen molar-refractivity contribution in [2.75, 3.05) is 10.3 Å². The molecule has 0 radical (unpaired) electrons. The van der Waals surface area contributed by atoms with E-state index in [9.17, 15) is 23.9 Å². The number of carbonyl (C=O) groups is 4. The summed E-state index contributed by atoms with van der Waals surface area (Å²) in [4.78, 5) is 59.7.